The molecule has 1 fully saturated rings. The predicted octanol–water partition coefficient (Wildman–Crippen LogP) is 3.06. The van der Waals surface area contributed by atoms with Crippen LogP contribution in [-0.4, -0.2) is 46.9 Å². The maximum atomic E-state index is 12.5. The second-order valence-corrected chi connectivity index (χ2v) is 6.01. The zero-order chi connectivity index (χ0) is 17.6. The van der Waals surface area contributed by atoms with E-state index < -0.39 is 17.6 Å². The number of ether oxygens (including phenoxy) is 2. The first-order chi connectivity index (χ1) is 11.5. The van der Waals surface area contributed by atoms with E-state index in [1.165, 1.54) is 4.90 Å². The topological polar surface area (TPSA) is 76.1 Å². The van der Waals surface area contributed by atoms with Gasteiger partial charge >= 0.3 is 12.1 Å². The minimum Gasteiger partial charge on any atom is -0.479 e. The highest BCUT2D eigenvalue weighted by atomic mass is 16.6. The highest BCUT2D eigenvalue weighted by molar-refractivity contribution is 5.85. The van der Waals surface area contributed by atoms with Crippen LogP contribution in [0.25, 0.3) is 0 Å². The summed E-state index contributed by atoms with van der Waals surface area (Å²) in [6.45, 7) is 4.79. The number of nitrogens with zero attached hydrogens (tertiary/aromatic N) is 1. The molecule has 1 aliphatic rings. The number of carboxylic acids is 1. The molecule has 0 spiro atoms. The Morgan fingerprint density at radius 2 is 1.92 bits per heavy atom. The van der Waals surface area contributed by atoms with Gasteiger partial charge < -0.3 is 14.6 Å². The zero-order valence-corrected chi connectivity index (χ0v) is 14.2. The number of carboxylic acid groups (broad SMARTS) is 1. The third-order valence-corrected chi connectivity index (χ3v) is 4.32. The molecule has 24 heavy (non-hydrogen) atoms. The molecule has 0 heterocycles. The summed E-state index contributed by atoms with van der Waals surface area (Å²) in [5, 5.41) is 9.70. The maximum absolute atomic E-state index is 12.5. The number of carbonyl (C=O) groups excluding carboxylic acids is 1. The number of aliphatic carboxylic acids is 1. The van der Waals surface area contributed by atoms with Gasteiger partial charge in [0.05, 0.1) is 6.10 Å². The molecule has 0 radical (unpaired) electrons. The molecule has 1 amide bonds. The van der Waals surface area contributed by atoms with E-state index in [0.29, 0.717) is 32.4 Å². The van der Waals surface area contributed by atoms with Crippen molar-refractivity contribution in [2.24, 2.45) is 0 Å². The maximum Gasteiger partial charge on any atom is 0.411 e. The minimum atomic E-state index is -1.22. The van der Waals surface area contributed by atoms with Gasteiger partial charge in [-0.1, -0.05) is 37.3 Å². The summed E-state index contributed by atoms with van der Waals surface area (Å²) in [5.41, 5.74) is -0.351. The molecule has 0 aromatic heterocycles. The van der Waals surface area contributed by atoms with Gasteiger partial charge in [0.25, 0.3) is 0 Å². The molecule has 1 aliphatic carbocycles. The standard InChI is InChI=1S/C18H25NO5/c1-3-10-19(17(22)24-13-14-8-6-5-7-9-14)18(16(20)21)11-15(12-18)23-4-2/h5-9,15H,3-4,10-13H2,1-2H3,(H,20,21). The van der Waals surface area contributed by atoms with Crippen molar-refractivity contribution in [2.75, 3.05) is 13.2 Å². The van der Waals surface area contributed by atoms with Crippen LogP contribution < -0.4 is 0 Å². The summed E-state index contributed by atoms with van der Waals surface area (Å²) in [5.74, 6) is -0.997. The van der Waals surface area contributed by atoms with Gasteiger partial charge in [0.2, 0.25) is 0 Å². The normalized spacial score (nSPS) is 22.5. The Labute approximate surface area is 142 Å². The Morgan fingerprint density at radius 1 is 1.25 bits per heavy atom. The van der Waals surface area contributed by atoms with Crippen LogP contribution >= 0.6 is 0 Å². The molecular formula is C18H25NO5. The molecule has 2 rings (SSSR count). The van der Waals surface area contributed by atoms with Crippen LogP contribution in [0.5, 0.6) is 0 Å². The highest BCUT2D eigenvalue weighted by Crippen LogP contribution is 2.40. The van der Waals surface area contributed by atoms with Gasteiger partial charge in [-0.3, -0.25) is 4.90 Å². The van der Waals surface area contributed by atoms with Crippen LogP contribution in [-0.2, 0) is 20.9 Å². The van der Waals surface area contributed by atoms with Crippen LogP contribution in [0.3, 0.4) is 0 Å². The summed E-state index contributed by atoms with van der Waals surface area (Å²) in [6.07, 6.45) is 0.563. The Bertz CT molecular complexity index is 554. The van der Waals surface area contributed by atoms with Crippen molar-refractivity contribution >= 4 is 12.1 Å². The van der Waals surface area contributed by atoms with Crippen LogP contribution in [0.4, 0.5) is 4.79 Å². The van der Waals surface area contributed by atoms with Gasteiger partial charge in [0.1, 0.15) is 12.1 Å². The monoisotopic (exact) mass is 335 g/mol. The quantitative estimate of drug-likeness (QED) is 0.790. The van der Waals surface area contributed by atoms with E-state index in [1.54, 1.807) is 0 Å². The van der Waals surface area contributed by atoms with Crippen LogP contribution in [0.15, 0.2) is 30.3 Å². The molecule has 132 valence electrons. The van der Waals surface area contributed by atoms with E-state index in [4.69, 9.17) is 9.47 Å². The number of carbonyl (C=O) groups is 2. The van der Waals surface area contributed by atoms with Gasteiger partial charge in [-0.2, -0.15) is 0 Å². The Morgan fingerprint density at radius 3 is 2.46 bits per heavy atom. The van der Waals surface area contributed by atoms with Gasteiger partial charge in [0.15, 0.2) is 0 Å². The summed E-state index contributed by atoms with van der Waals surface area (Å²) in [4.78, 5) is 25.7. The average Bonchev–Trinajstić information content (AvgIpc) is 2.54. The first-order valence-electron chi connectivity index (χ1n) is 8.36. The van der Waals surface area contributed by atoms with Crippen molar-refractivity contribution in [3.8, 4) is 0 Å². The van der Waals surface area contributed by atoms with Crippen molar-refractivity contribution in [3.05, 3.63) is 35.9 Å². The number of hydrogen-bond acceptors (Lipinski definition) is 4. The van der Waals surface area contributed by atoms with E-state index in [9.17, 15) is 14.7 Å². The fourth-order valence-corrected chi connectivity index (χ4v) is 3.06. The van der Waals surface area contributed by atoms with E-state index in [2.05, 4.69) is 0 Å². The molecule has 0 atom stereocenters. The largest absolute Gasteiger partial charge is 0.479 e. The summed E-state index contributed by atoms with van der Waals surface area (Å²) < 4.78 is 10.8. The predicted molar refractivity (Wildman–Crippen MR) is 88.6 cm³/mol. The Kier molecular flexibility index (Phi) is 6.20. The van der Waals surface area contributed by atoms with Crippen molar-refractivity contribution in [1.82, 2.24) is 4.90 Å². The molecule has 0 aliphatic heterocycles. The van der Waals surface area contributed by atoms with E-state index in [1.807, 2.05) is 44.2 Å². The molecule has 0 bridgehead atoms. The molecule has 0 unspecified atom stereocenters. The molecule has 1 saturated carbocycles. The van der Waals surface area contributed by atoms with Gasteiger partial charge in [0, 0.05) is 26.0 Å². The van der Waals surface area contributed by atoms with Gasteiger partial charge in [-0.05, 0) is 18.9 Å². The molecule has 1 aromatic carbocycles. The number of rotatable bonds is 8. The third kappa shape index (κ3) is 3.87. The Balaban J connectivity index is 2.06. The second-order valence-electron chi connectivity index (χ2n) is 6.01. The smallest absolute Gasteiger partial charge is 0.411 e. The molecule has 0 saturated heterocycles. The van der Waals surface area contributed by atoms with Crippen molar-refractivity contribution in [3.63, 3.8) is 0 Å². The zero-order valence-electron chi connectivity index (χ0n) is 14.2. The van der Waals surface area contributed by atoms with Crippen molar-refractivity contribution in [1.29, 1.82) is 0 Å². The fourth-order valence-electron chi connectivity index (χ4n) is 3.06. The van der Waals surface area contributed by atoms with Crippen molar-refractivity contribution < 1.29 is 24.2 Å². The Hall–Kier alpha value is -2.08. The highest BCUT2D eigenvalue weighted by Gasteiger charge is 2.57. The lowest BCUT2D eigenvalue weighted by atomic mass is 9.72. The third-order valence-electron chi connectivity index (χ3n) is 4.32. The van der Waals surface area contributed by atoms with Gasteiger partial charge in [-0.25, -0.2) is 9.59 Å². The molecule has 1 aromatic rings. The number of benzene rings is 1. The molecule has 6 heteroatoms. The summed E-state index contributed by atoms with van der Waals surface area (Å²) >= 11 is 0. The summed E-state index contributed by atoms with van der Waals surface area (Å²) in [6, 6.07) is 9.34. The fraction of sp³-hybridized carbons (Fsp3) is 0.556. The molecular weight excluding hydrogens is 310 g/mol. The molecule has 1 N–H and O–H groups in total. The summed E-state index contributed by atoms with van der Waals surface area (Å²) in [7, 11) is 0. The average molecular weight is 335 g/mol. The molecule has 6 nitrogen and oxygen atoms in total. The lowest BCUT2D eigenvalue weighted by Gasteiger charge is -2.49. The van der Waals surface area contributed by atoms with E-state index in [-0.39, 0.29) is 12.7 Å². The van der Waals surface area contributed by atoms with E-state index in [0.717, 1.165) is 5.56 Å². The lowest BCUT2D eigenvalue weighted by Crippen LogP contribution is -2.66. The van der Waals surface area contributed by atoms with Crippen molar-refractivity contribution in [2.45, 2.75) is 51.4 Å². The van der Waals surface area contributed by atoms with E-state index >= 15 is 0 Å². The van der Waals surface area contributed by atoms with Crippen LogP contribution in [0.2, 0.25) is 0 Å². The number of amides is 1. The first-order valence-corrected chi connectivity index (χ1v) is 8.36. The lowest BCUT2D eigenvalue weighted by molar-refractivity contribution is -0.170. The first kappa shape index (κ1) is 18.3. The van der Waals surface area contributed by atoms with Crippen LogP contribution in [0.1, 0.15) is 38.7 Å². The van der Waals surface area contributed by atoms with Gasteiger partial charge in [-0.15, -0.1) is 0 Å². The second kappa shape index (κ2) is 8.15. The van der Waals surface area contributed by atoms with Crippen LogP contribution in [0, 0.1) is 0 Å². The SMILES string of the molecule is CCCN(C(=O)OCc1ccccc1)C1(C(=O)O)CC(OCC)C1. The number of hydrogen-bond donors (Lipinski definition) is 1. The minimum absolute atomic E-state index is 0.118.